The minimum Gasteiger partial charge on any atom is -0.310 e. The van der Waals surface area contributed by atoms with Gasteiger partial charge in [0.15, 0.2) is 0 Å². The minimum absolute atomic E-state index is 0.548. The summed E-state index contributed by atoms with van der Waals surface area (Å²) in [5, 5.41) is 3.63. The van der Waals surface area contributed by atoms with E-state index < -0.39 is 0 Å². The van der Waals surface area contributed by atoms with Gasteiger partial charge in [0.2, 0.25) is 0 Å². The van der Waals surface area contributed by atoms with Gasteiger partial charge in [-0.2, -0.15) is 0 Å². The summed E-state index contributed by atoms with van der Waals surface area (Å²) in [5.41, 5.74) is 3.03. The van der Waals surface area contributed by atoms with E-state index in [-0.39, 0.29) is 0 Å². The summed E-state index contributed by atoms with van der Waals surface area (Å²) < 4.78 is 0. The summed E-state index contributed by atoms with van der Waals surface area (Å²) >= 11 is 0. The van der Waals surface area contributed by atoms with Gasteiger partial charge in [-0.05, 0) is 42.9 Å². The molecule has 0 saturated heterocycles. The quantitative estimate of drug-likeness (QED) is 0.634. The number of benzene rings is 1. The average molecular weight is 259 g/mol. The molecule has 0 aliphatic heterocycles. The smallest absolute Gasteiger partial charge is 0.0320 e. The molecule has 1 N–H and O–H groups in total. The van der Waals surface area contributed by atoms with Gasteiger partial charge < -0.3 is 5.32 Å². The predicted molar refractivity (Wildman–Crippen MR) is 83.6 cm³/mol. The number of unbranched alkanes of at least 4 members (excludes halogenated alkanes) is 2. The van der Waals surface area contributed by atoms with Crippen LogP contribution in [0.1, 0.15) is 81.9 Å². The first-order valence-corrected chi connectivity index (χ1v) is 8.18. The molecule has 0 amide bonds. The zero-order chi connectivity index (χ0) is 13.5. The molecule has 0 radical (unpaired) electrons. The van der Waals surface area contributed by atoms with Gasteiger partial charge in [0, 0.05) is 6.04 Å². The van der Waals surface area contributed by atoms with Gasteiger partial charge in [0.1, 0.15) is 0 Å². The highest BCUT2D eigenvalue weighted by molar-refractivity contribution is 5.28. The second-order valence-corrected chi connectivity index (χ2v) is 5.90. The van der Waals surface area contributed by atoms with Gasteiger partial charge >= 0.3 is 0 Å². The molecule has 0 aromatic heterocycles. The molecule has 0 heterocycles. The summed E-state index contributed by atoms with van der Waals surface area (Å²) in [6, 6.07) is 9.99. The van der Waals surface area contributed by atoms with Crippen LogP contribution < -0.4 is 5.32 Å². The maximum atomic E-state index is 3.63. The number of hydrogen-bond donors (Lipinski definition) is 1. The third-order valence-electron chi connectivity index (χ3n) is 4.46. The average Bonchev–Trinajstić information content (AvgIpc) is 2.37. The van der Waals surface area contributed by atoms with E-state index in [1.807, 2.05) is 0 Å². The van der Waals surface area contributed by atoms with Crippen molar-refractivity contribution in [3.63, 3.8) is 0 Å². The van der Waals surface area contributed by atoms with Crippen LogP contribution in [-0.4, -0.2) is 6.54 Å². The summed E-state index contributed by atoms with van der Waals surface area (Å²) in [7, 11) is 0. The summed E-state index contributed by atoms with van der Waals surface area (Å²) in [5.74, 6) is 0.853. The van der Waals surface area contributed by atoms with E-state index in [1.54, 1.807) is 5.56 Å². The summed E-state index contributed by atoms with van der Waals surface area (Å²) in [6.07, 6.45) is 9.47. The first kappa shape index (κ1) is 14.6. The highest BCUT2D eigenvalue weighted by Crippen LogP contribution is 2.36. The molecule has 106 valence electrons. The van der Waals surface area contributed by atoms with Crippen molar-refractivity contribution in [2.45, 2.75) is 70.8 Å². The number of nitrogens with one attached hydrogen (secondary N) is 1. The lowest BCUT2D eigenvalue weighted by molar-refractivity contribution is 0.419. The largest absolute Gasteiger partial charge is 0.310 e. The molecule has 19 heavy (non-hydrogen) atoms. The Hall–Kier alpha value is -0.820. The topological polar surface area (TPSA) is 12.0 Å². The van der Waals surface area contributed by atoms with Crippen LogP contribution in [0.25, 0.3) is 0 Å². The third kappa shape index (κ3) is 4.07. The van der Waals surface area contributed by atoms with Gasteiger partial charge in [-0.25, -0.2) is 0 Å². The molecule has 1 aliphatic rings. The van der Waals surface area contributed by atoms with Crippen LogP contribution in [0, 0.1) is 0 Å². The Morgan fingerprint density at radius 3 is 2.37 bits per heavy atom. The van der Waals surface area contributed by atoms with E-state index in [1.165, 1.54) is 50.5 Å². The molecule has 1 aromatic carbocycles. The van der Waals surface area contributed by atoms with Crippen LogP contribution in [-0.2, 0) is 0 Å². The molecule has 0 spiro atoms. The van der Waals surface area contributed by atoms with Gasteiger partial charge in [0.25, 0.3) is 0 Å². The Morgan fingerprint density at radius 1 is 1.11 bits per heavy atom. The Balaban J connectivity index is 1.95. The zero-order valence-electron chi connectivity index (χ0n) is 12.6. The first-order valence-electron chi connectivity index (χ1n) is 8.18. The SMILES string of the molecule is CCCCCC(NCC)c1ccc(C2CCC2)cc1. The maximum Gasteiger partial charge on any atom is 0.0320 e. The molecule has 1 aliphatic carbocycles. The van der Waals surface area contributed by atoms with Crippen molar-refractivity contribution in [2.75, 3.05) is 6.54 Å². The predicted octanol–water partition coefficient (Wildman–Crippen LogP) is 5.19. The van der Waals surface area contributed by atoms with E-state index in [4.69, 9.17) is 0 Å². The summed E-state index contributed by atoms with van der Waals surface area (Å²) in [6.45, 7) is 5.53. The molecule has 1 aromatic rings. The molecule has 2 rings (SSSR count). The Morgan fingerprint density at radius 2 is 1.84 bits per heavy atom. The third-order valence-corrected chi connectivity index (χ3v) is 4.46. The van der Waals surface area contributed by atoms with E-state index in [0.29, 0.717) is 6.04 Å². The van der Waals surface area contributed by atoms with Crippen molar-refractivity contribution in [3.05, 3.63) is 35.4 Å². The van der Waals surface area contributed by atoms with Crippen LogP contribution >= 0.6 is 0 Å². The lowest BCUT2D eigenvalue weighted by atomic mass is 9.80. The fourth-order valence-corrected chi connectivity index (χ4v) is 2.97. The Kier molecular flexibility index (Phi) is 5.91. The van der Waals surface area contributed by atoms with E-state index in [2.05, 4.69) is 43.4 Å². The number of rotatable bonds is 8. The van der Waals surface area contributed by atoms with Crippen LogP contribution in [0.2, 0.25) is 0 Å². The maximum absolute atomic E-state index is 3.63. The standard InChI is InChI=1S/C18H29N/c1-3-5-6-10-18(19-4-2)17-13-11-16(12-14-17)15-8-7-9-15/h11-15,18-19H,3-10H2,1-2H3. The van der Waals surface area contributed by atoms with E-state index in [0.717, 1.165) is 12.5 Å². The molecule has 1 fully saturated rings. The lowest BCUT2D eigenvalue weighted by Gasteiger charge is -2.26. The molecule has 1 saturated carbocycles. The normalized spacial score (nSPS) is 17.2. The molecule has 0 bridgehead atoms. The molecule has 1 nitrogen and oxygen atoms in total. The van der Waals surface area contributed by atoms with Crippen LogP contribution in [0.3, 0.4) is 0 Å². The molecular weight excluding hydrogens is 230 g/mol. The van der Waals surface area contributed by atoms with Crippen molar-refractivity contribution in [2.24, 2.45) is 0 Å². The highest BCUT2D eigenvalue weighted by atomic mass is 14.9. The van der Waals surface area contributed by atoms with Gasteiger partial charge in [-0.15, -0.1) is 0 Å². The molecular formula is C18H29N. The Bertz CT molecular complexity index is 350. The minimum atomic E-state index is 0.548. The Labute approximate surface area is 118 Å². The van der Waals surface area contributed by atoms with Crippen LogP contribution in [0.4, 0.5) is 0 Å². The molecule has 1 atom stereocenters. The van der Waals surface area contributed by atoms with Crippen molar-refractivity contribution in [1.29, 1.82) is 0 Å². The number of hydrogen-bond acceptors (Lipinski definition) is 1. The second-order valence-electron chi connectivity index (χ2n) is 5.90. The van der Waals surface area contributed by atoms with Gasteiger partial charge in [-0.3, -0.25) is 0 Å². The fraction of sp³-hybridized carbons (Fsp3) is 0.667. The lowest BCUT2D eigenvalue weighted by Crippen LogP contribution is -2.21. The fourth-order valence-electron chi connectivity index (χ4n) is 2.97. The van der Waals surface area contributed by atoms with Gasteiger partial charge in [0.05, 0.1) is 0 Å². The van der Waals surface area contributed by atoms with E-state index >= 15 is 0 Å². The van der Waals surface area contributed by atoms with Crippen LogP contribution in [0.5, 0.6) is 0 Å². The molecule has 1 unspecified atom stereocenters. The van der Waals surface area contributed by atoms with Crippen molar-refractivity contribution in [3.8, 4) is 0 Å². The molecule has 1 heteroatoms. The zero-order valence-corrected chi connectivity index (χ0v) is 12.6. The van der Waals surface area contributed by atoms with Gasteiger partial charge in [-0.1, -0.05) is 63.8 Å². The monoisotopic (exact) mass is 259 g/mol. The van der Waals surface area contributed by atoms with Crippen molar-refractivity contribution >= 4 is 0 Å². The summed E-state index contributed by atoms with van der Waals surface area (Å²) in [4.78, 5) is 0. The van der Waals surface area contributed by atoms with Crippen molar-refractivity contribution < 1.29 is 0 Å². The first-order chi connectivity index (χ1) is 9.35. The van der Waals surface area contributed by atoms with E-state index in [9.17, 15) is 0 Å². The second kappa shape index (κ2) is 7.69. The van der Waals surface area contributed by atoms with Crippen molar-refractivity contribution in [1.82, 2.24) is 5.32 Å². The highest BCUT2D eigenvalue weighted by Gasteiger charge is 2.19. The van der Waals surface area contributed by atoms with Crippen LogP contribution in [0.15, 0.2) is 24.3 Å².